The third kappa shape index (κ3) is 5.87. The highest BCUT2D eigenvalue weighted by Crippen LogP contribution is 1.92. The van der Waals surface area contributed by atoms with E-state index in [2.05, 4.69) is 0 Å². The molecule has 59 valence electrons. The molecule has 10 heavy (non-hydrogen) atoms. The summed E-state index contributed by atoms with van der Waals surface area (Å²) >= 11 is -1.35. The molecule has 1 unspecified atom stereocenters. The average Bonchev–Trinajstić information content (AvgIpc) is 1.82. The normalized spacial score (nSPS) is 13.0. The predicted octanol–water partition coefficient (Wildman–Crippen LogP) is -0.360. The number of hydrogen-bond acceptors (Lipinski definition) is 2. The van der Waals surface area contributed by atoms with Gasteiger partial charge in [0.25, 0.3) is 0 Å². The summed E-state index contributed by atoms with van der Waals surface area (Å²) in [7, 11) is 0. The first-order chi connectivity index (χ1) is 4.66. The fourth-order valence-corrected chi connectivity index (χ4v) is 1.29. The van der Waals surface area contributed by atoms with Crippen LogP contribution < -0.4 is 0 Å². The fourth-order valence-electron chi connectivity index (χ4n) is 0.430. The molecule has 0 heterocycles. The molecule has 1 atom stereocenters. The van der Waals surface area contributed by atoms with Gasteiger partial charge in [-0.1, -0.05) is 0 Å². The van der Waals surface area contributed by atoms with Crippen LogP contribution >= 0.6 is 0 Å². The smallest absolute Gasteiger partial charge is 0.353 e. The Kier molecular flexibility index (Phi) is 5.38. The Bertz CT molecular complexity index is 106. The Morgan fingerprint density at radius 1 is 1.60 bits per heavy atom. The van der Waals surface area contributed by atoms with Gasteiger partial charge in [0.05, 0.1) is 6.61 Å². The molecule has 4 nitrogen and oxygen atoms in total. The van der Waals surface area contributed by atoms with Crippen molar-refractivity contribution in [2.45, 2.75) is 6.42 Å². The molecule has 5 heteroatoms. The topological polar surface area (TPSA) is 80.3 Å². The molecule has 0 rings (SSSR count). The summed E-state index contributed by atoms with van der Waals surface area (Å²) in [6.45, 7) is -0.286. The lowest BCUT2D eigenvalue weighted by Crippen LogP contribution is -2.18. The van der Waals surface area contributed by atoms with Crippen LogP contribution in [0.1, 0.15) is 6.42 Å². The van der Waals surface area contributed by atoms with Crippen LogP contribution in [0.4, 0.5) is 0 Å². The number of carboxylic acid groups (broad SMARTS) is 1. The summed E-state index contributed by atoms with van der Waals surface area (Å²) in [6, 6.07) is 0. The Morgan fingerprint density at radius 2 is 2.20 bits per heavy atom. The number of carbonyl (C=O) groups is 1. The van der Waals surface area contributed by atoms with Gasteiger partial charge in [-0.05, 0) is 11.2 Å². The summed E-state index contributed by atoms with van der Waals surface area (Å²) in [5, 5.41) is 18.0. The first-order valence-electron chi connectivity index (χ1n) is 2.81. The summed E-state index contributed by atoms with van der Waals surface area (Å²) in [5.74, 6) is -1.22. The van der Waals surface area contributed by atoms with Gasteiger partial charge in [0.2, 0.25) is 5.75 Å². The zero-order chi connectivity index (χ0) is 7.98. The van der Waals surface area contributed by atoms with E-state index in [4.69, 9.17) is 5.11 Å². The van der Waals surface area contributed by atoms with Crippen molar-refractivity contribution in [2.24, 2.45) is 0 Å². The third-order valence-corrected chi connectivity index (χ3v) is 2.11. The second-order valence-corrected chi connectivity index (χ2v) is 3.32. The number of aliphatic carboxylic acids is 1. The number of carboxylic acids is 1. The zero-order valence-corrected chi connectivity index (χ0v) is 6.23. The van der Waals surface area contributed by atoms with E-state index in [9.17, 15) is 14.5 Å². The highest BCUT2D eigenvalue weighted by molar-refractivity contribution is 7.92. The molecule has 1 radical (unpaired) electrons. The Morgan fingerprint density at radius 3 is 2.60 bits per heavy atom. The van der Waals surface area contributed by atoms with E-state index in [-0.39, 0.29) is 18.1 Å². The van der Waals surface area contributed by atoms with Crippen molar-refractivity contribution in [3.63, 3.8) is 0 Å². The van der Waals surface area contributed by atoms with Gasteiger partial charge >= 0.3 is 5.97 Å². The Balaban J connectivity index is 3.25. The summed E-state index contributed by atoms with van der Waals surface area (Å²) < 4.78 is 10.6. The molecular weight excluding hydrogens is 156 g/mol. The largest absolute Gasteiger partial charge is 0.616 e. The van der Waals surface area contributed by atoms with Gasteiger partial charge in [0, 0.05) is 6.42 Å². The van der Waals surface area contributed by atoms with E-state index in [1.807, 2.05) is 0 Å². The van der Waals surface area contributed by atoms with Gasteiger partial charge in [-0.3, -0.25) is 0 Å². The maximum absolute atomic E-state index is 10.6. The van der Waals surface area contributed by atoms with Crippen molar-refractivity contribution in [3.8, 4) is 0 Å². The molecule has 0 aromatic heterocycles. The van der Waals surface area contributed by atoms with Crippen molar-refractivity contribution < 1.29 is 19.6 Å². The quantitative estimate of drug-likeness (QED) is 0.565. The molecule has 0 aromatic rings. The zero-order valence-electron chi connectivity index (χ0n) is 5.41. The summed E-state index contributed by atoms with van der Waals surface area (Å²) in [4.78, 5) is 9.90. The van der Waals surface area contributed by atoms with Gasteiger partial charge in [0.15, 0.2) is 0 Å². The molecule has 1 N–H and O–H groups in total. The van der Waals surface area contributed by atoms with Crippen LogP contribution in [-0.2, 0) is 21.1 Å². The van der Waals surface area contributed by atoms with Gasteiger partial charge < -0.3 is 9.66 Å². The maximum Gasteiger partial charge on any atom is 0.353 e. The molecule has 0 saturated carbocycles. The molecule has 0 aliphatic carbocycles. The van der Waals surface area contributed by atoms with Gasteiger partial charge in [0.1, 0.15) is 5.75 Å². The number of hydrogen-bond donors (Lipinski definition) is 1. The second kappa shape index (κ2) is 5.52. The average molecular weight is 165 g/mol. The maximum atomic E-state index is 10.6. The van der Waals surface area contributed by atoms with Crippen LogP contribution in [-0.4, -0.2) is 33.7 Å². The van der Waals surface area contributed by atoms with Gasteiger partial charge in [-0.2, -0.15) is 0 Å². The SMILES string of the molecule is [O]CCC[S+]([O-])CC(=O)O. The van der Waals surface area contributed by atoms with E-state index >= 15 is 0 Å². The van der Waals surface area contributed by atoms with Gasteiger partial charge in [-0.15, -0.1) is 0 Å². The molecule has 0 aromatic carbocycles. The molecule has 0 aliphatic heterocycles. The minimum absolute atomic E-state index is 0.204. The number of rotatable bonds is 5. The minimum atomic E-state index is -1.35. The second-order valence-electron chi connectivity index (χ2n) is 1.74. The monoisotopic (exact) mass is 165 g/mol. The Hall–Kier alpha value is -0.260. The van der Waals surface area contributed by atoms with E-state index in [1.165, 1.54) is 0 Å². The van der Waals surface area contributed by atoms with Crippen LogP contribution in [0.25, 0.3) is 0 Å². The van der Waals surface area contributed by atoms with E-state index < -0.39 is 17.1 Å². The molecule has 0 bridgehead atoms. The highest BCUT2D eigenvalue weighted by Gasteiger charge is 2.10. The first-order valence-corrected chi connectivity index (χ1v) is 4.30. The molecule has 0 fully saturated rings. The standard InChI is InChI=1S/C5H9O4S/c6-2-1-3-10(9)4-5(7)8/h1-4H2,(H,7,8). The minimum Gasteiger partial charge on any atom is -0.616 e. The first kappa shape index (κ1) is 9.74. The molecular formula is C5H9O4S. The van der Waals surface area contributed by atoms with Crippen molar-refractivity contribution in [3.05, 3.63) is 0 Å². The van der Waals surface area contributed by atoms with Crippen molar-refractivity contribution in [2.75, 3.05) is 18.1 Å². The van der Waals surface area contributed by atoms with Crippen molar-refractivity contribution in [1.82, 2.24) is 0 Å². The summed E-state index contributed by atoms with van der Waals surface area (Å²) in [5.41, 5.74) is 0. The van der Waals surface area contributed by atoms with Crippen molar-refractivity contribution in [1.29, 1.82) is 0 Å². The molecule has 0 spiro atoms. The lowest BCUT2D eigenvalue weighted by molar-refractivity contribution is -0.134. The van der Waals surface area contributed by atoms with Crippen LogP contribution in [0, 0.1) is 0 Å². The van der Waals surface area contributed by atoms with E-state index in [0.29, 0.717) is 6.42 Å². The molecule has 0 amide bonds. The third-order valence-electron chi connectivity index (χ3n) is 0.801. The van der Waals surface area contributed by atoms with Crippen LogP contribution in [0.15, 0.2) is 0 Å². The predicted molar refractivity (Wildman–Crippen MR) is 35.7 cm³/mol. The van der Waals surface area contributed by atoms with E-state index in [0.717, 1.165) is 0 Å². The van der Waals surface area contributed by atoms with E-state index in [1.54, 1.807) is 0 Å². The van der Waals surface area contributed by atoms with Crippen LogP contribution in [0.2, 0.25) is 0 Å². The molecule has 0 aliphatic rings. The highest BCUT2D eigenvalue weighted by atomic mass is 32.2. The fraction of sp³-hybridized carbons (Fsp3) is 0.800. The summed E-state index contributed by atoms with van der Waals surface area (Å²) in [6.07, 6.45) is 0.292. The Labute approximate surface area is 62.0 Å². The lowest BCUT2D eigenvalue weighted by atomic mass is 10.5. The van der Waals surface area contributed by atoms with Crippen molar-refractivity contribution >= 4 is 17.1 Å². The van der Waals surface area contributed by atoms with Gasteiger partial charge in [-0.25, -0.2) is 9.90 Å². The lowest BCUT2D eigenvalue weighted by Gasteiger charge is -2.05. The molecule has 0 saturated heterocycles. The van der Waals surface area contributed by atoms with Crippen LogP contribution in [0.3, 0.4) is 0 Å². The van der Waals surface area contributed by atoms with Crippen LogP contribution in [0.5, 0.6) is 0 Å².